The maximum atomic E-state index is 13.8. The molecule has 0 bridgehead atoms. The van der Waals surface area contributed by atoms with E-state index in [1.54, 1.807) is 0 Å². The van der Waals surface area contributed by atoms with Crippen molar-refractivity contribution < 1.29 is 65.4 Å². The normalized spacial score (nSPS) is 25.5. The molecule has 0 aliphatic heterocycles. The van der Waals surface area contributed by atoms with E-state index >= 15 is 0 Å². The van der Waals surface area contributed by atoms with Crippen LogP contribution in [0.25, 0.3) is 5.76 Å². The monoisotopic (exact) mass is 697 g/mol. The van der Waals surface area contributed by atoms with E-state index in [1.165, 1.54) is 19.0 Å². The van der Waals surface area contributed by atoms with Gasteiger partial charge in [-0.3, -0.25) is 19.2 Å². The molecule has 0 aromatic heterocycles. The van der Waals surface area contributed by atoms with Crippen molar-refractivity contribution in [2.24, 2.45) is 17.6 Å². The van der Waals surface area contributed by atoms with Crippen LogP contribution in [0, 0.1) is 11.8 Å². The number of phenolic OH excluding ortho intramolecular Hbond substituents is 1. The van der Waals surface area contributed by atoms with Gasteiger partial charge in [-0.15, -0.1) is 0 Å². The number of halogens is 4. The number of anilines is 1. The summed E-state index contributed by atoms with van der Waals surface area (Å²) in [6, 6.07) is 0.700. The Morgan fingerprint density at radius 3 is 2.35 bits per heavy atom. The number of nitrogens with zero attached hydrogens (tertiary/aromatic N) is 1. The van der Waals surface area contributed by atoms with Crippen molar-refractivity contribution in [2.45, 2.75) is 30.1 Å². The summed E-state index contributed by atoms with van der Waals surface area (Å²) in [5.74, 6) is -11.8. The number of carbonyl (C=O) groups excluding carboxylic acids is 4. The van der Waals surface area contributed by atoms with Gasteiger partial charge in [0.25, 0.3) is 0 Å². The van der Waals surface area contributed by atoms with E-state index in [2.05, 4.69) is 20.1 Å². The van der Waals surface area contributed by atoms with Crippen LogP contribution in [0.3, 0.4) is 0 Å². The number of nitrogens with one attached hydrogen (secondary N) is 1. The fourth-order valence-electron chi connectivity index (χ4n) is 5.61. The third-order valence-corrected chi connectivity index (χ3v) is 8.85. The Morgan fingerprint density at radius 1 is 1.23 bits per heavy atom. The standard InChI is InChI=1S/C24H23BrF3N3O11S/c1-31(2)16-9-4-7-3-8-5-10(42-43(40,41)24(26,27)28)15(30-11(32)6-25)18(34)12(8)17(33)13(7)20(36)23(9,39)21(37)14(19(16)35)22(29)38/h5,7,14,19,33-35,39H,3-4,6H2,1-2H3,(H2,29,38)(H,30,32)/t7?,14?,19?,23-/m1/s1. The van der Waals surface area contributed by atoms with Crippen LogP contribution in [0.5, 0.6) is 11.5 Å². The molecule has 3 aliphatic carbocycles. The number of primary amides is 1. The summed E-state index contributed by atoms with van der Waals surface area (Å²) < 4.78 is 67.1. The number of aliphatic hydroxyl groups is 3. The average Bonchev–Trinajstić information content (AvgIpc) is 2.86. The number of likely N-dealkylation sites (N-methyl/N-ethyl adjacent to an activating group) is 1. The van der Waals surface area contributed by atoms with E-state index in [9.17, 15) is 61.2 Å². The predicted octanol–water partition coefficient (Wildman–Crippen LogP) is -0.0399. The summed E-state index contributed by atoms with van der Waals surface area (Å²) in [6.45, 7) is 0. The van der Waals surface area contributed by atoms with Crippen LogP contribution in [-0.2, 0) is 35.7 Å². The smallest absolute Gasteiger partial charge is 0.507 e. The predicted molar refractivity (Wildman–Crippen MR) is 142 cm³/mol. The number of alkyl halides is 4. The first-order valence-electron chi connectivity index (χ1n) is 12.1. The number of carbonyl (C=O) groups is 4. The van der Waals surface area contributed by atoms with Crippen molar-refractivity contribution in [1.82, 2.24) is 4.90 Å². The zero-order valence-electron chi connectivity index (χ0n) is 22.0. The number of Topliss-reactive ketones (excluding diaryl/α,β-unsaturated/α-hetero) is 2. The number of hydrogen-bond donors (Lipinski definition) is 6. The van der Waals surface area contributed by atoms with Crippen LogP contribution in [-0.4, -0.2) is 93.8 Å². The molecule has 43 heavy (non-hydrogen) atoms. The molecule has 14 nitrogen and oxygen atoms in total. The lowest BCUT2D eigenvalue weighted by molar-refractivity contribution is -0.156. The van der Waals surface area contributed by atoms with Gasteiger partial charge in [0.15, 0.2) is 17.3 Å². The minimum absolute atomic E-state index is 0.195. The molecule has 19 heteroatoms. The zero-order chi connectivity index (χ0) is 32.6. The quantitative estimate of drug-likeness (QED) is 0.0756. The Balaban J connectivity index is 1.98. The van der Waals surface area contributed by atoms with Crippen LogP contribution >= 0.6 is 15.9 Å². The molecule has 1 fully saturated rings. The summed E-state index contributed by atoms with van der Waals surface area (Å²) in [5.41, 5.74) is -6.73. The summed E-state index contributed by atoms with van der Waals surface area (Å²) in [4.78, 5) is 52.5. The minimum atomic E-state index is -6.32. The lowest BCUT2D eigenvalue weighted by Gasteiger charge is -2.47. The van der Waals surface area contributed by atoms with E-state index in [1.807, 2.05) is 5.32 Å². The fraction of sp³-hybridized carbons (Fsp3) is 0.417. The highest BCUT2D eigenvalue weighted by molar-refractivity contribution is 9.09. The lowest BCUT2D eigenvalue weighted by atomic mass is 9.59. The maximum absolute atomic E-state index is 13.8. The molecule has 234 valence electrons. The van der Waals surface area contributed by atoms with Crippen LogP contribution in [0.4, 0.5) is 18.9 Å². The van der Waals surface area contributed by atoms with Crippen molar-refractivity contribution in [3.05, 3.63) is 34.0 Å². The first-order valence-corrected chi connectivity index (χ1v) is 14.6. The van der Waals surface area contributed by atoms with Gasteiger partial charge in [-0.1, -0.05) is 15.9 Å². The number of fused-ring (bicyclic) bond motifs is 3. The molecule has 4 atom stereocenters. The highest BCUT2D eigenvalue weighted by atomic mass is 79.9. The van der Waals surface area contributed by atoms with Crippen molar-refractivity contribution in [2.75, 3.05) is 24.7 Å². The first-order chi connectivity index (χ1) is 19.7. The molecule has 0 radical (unpaired) electrons. The van der Waals surface area contributed by atoms with Gasteiger partial charge in [0, 0.05) is 25.4 Å². The number of rotatable bonds is 6. The second-order valence-electron chi connectivity index (χ2n) is 10.2. The van der Waals surface area contributed by atoms with Crippen LogP contribution in [0.2, 0.25) is 0 Å². The summed E-state index contributed by atoms with van der Waals surface area (Å²) in [5, 5.41) is 46.0. The second-order valence-corrected chi connectivity index (χ2v) is 12.3. The van der Waals surface area contributed by atoms with E-state index in [-0.39, 0.29) is 16.8 Å². The van der Waals surface area contributed by atoms with Crippen molar-refractivity contribution in [3.8, 4) is 11.5 Å². The number of nitrogens with two attached hydrogens (primary N) is 1. The third kappa shape index (κ3) is 4.83. The molecule has 1 aromatic carbocycles. The maximum Gasteiger partial charge on any atom is 0.534 e. The molecule has 3 unspecified atom stereocenters. The Bertz CT molecular complexity index is 1660. The zero-order valence-corrected chi connectivity index (χ0v) is 24.4. The molecule has 1 saturated carbocycles. The van der Waals surface area contributed by atoms with Gasteiger partial charge in [-0.05, 0) is 36.0 Å². The number of phenols is 1. The van der Waals surface area contributed by atoms with Gasteiger partial charge in [0.2, 0.25) is 23.2 Å². The molecular formula is C24H23BrF3N3O11S. The largest absolute Gasteiger partial charge is 0.534 e. The number of aromatic hydroxyl groups is 1. The van der Waals surface area contributed by atoms with E-state index in [0.29, 0.717) is 6.07 Å². The Kier molecular flexibility index (Phi) is 7.87. The lowest BCUT2D eigenvalue weighted by Crippen LogP contribution is -2.64. The minimum Gasteiger partial charge on any atom is -0.507 e. The highest BCUT2D eigenvalue weighted by Crippen LogP contribution is 2.53. The fourth-order valence-corrected chi connectivity index (χ4v) is 6.21. The van der Waals surface area contributed by atoms with Gasteiger partial charge in [-0.2, -0.15) is 21.6 Å². The second kappa shape index (κ2) is 10.5. The van der Waals surface area contributed by atoms with Gasteiger partial charge in [0.05, 0.1) is 10.9 Å². The van der Waals surface area contributed by atoms with Crippen molar-refractivity contribution in [1.29, 1.82) is 0 Å². The van der Waals surface area contributed by atoms with E-state index < -0.39 is 115 Å². The first kappa shape index (κ1) is 32.2. The topological polar surface area (TPSA) is 234 Å². The molecule has 1 aromatic rings. The molecule has 4 rings (SSSR count). The van der Waals surface area contributed by atoms with Gasteiger partial charge >= 0.3 is 15.6 Å². The molecule has 0 heterocycles. The van der Waals surface area contributed by atoms with Gasteiger partial charge < -0.3 is 40.6 Å². The van der Waals surface area contributed by atoms with Gasteiger partial charge in [-0.25, -0.2) is 0 Å². The molecule has 2 amide bonds. The average molecular weight is 698 g/mol. The Morgan fingerprint density at radius 2 is 1.84 bits per heavy atom. The summed E-state index contributed by atoms with van der Waals surface area (Å²) in [6.07, 6.45) is -2.70. The molecule has 0 saturated heterocycles. The number of aliphatic hydroxyl groups excluding tert-OH is 2. The van der Waals surface area contributed by atoms with E-state index in [0.717, 1.165) is 0 Å². The molecule has 0 spiro atoms. The van der Waals surface area contributed by atoms with Crippen LogP contribution in [0.1, 0.15) is 17.5 Å². The highest BCUT2D eigenvalue weighted by Gasteiger charge is 2.63. The number of amides is 2. The number of hydrogen-bond acceptors (Lipinski definition) is 12. The molecule has 3 aliphatic rings. The third-order valence-electron chi connectivity index (χ3n) is 7.37. The Labute approximate surface area is 248 Å². The molecular weight excluding hydrogens is 675 g/mol. The Hall–Kier alpha value is -3.68. The molecule has 7 N–H and O–H groups in total. The van der Waals surface area contributed by atoms with Gasteiger partial charge in [0.1, 0.15) is 23.5 Å². The van der Waals surface area contributed by atoms with Crippen molar-refractivity contribution in [3.63, 3.8) is 0 Å². The number of benzene rings is 1. The van der Waals surface area contributed by atoms with E-state index in [4.69, 9.17) is 5.73 Å². The SMILES string of the molecule is CN(C)C1=C2CC3Cc4cc(OS(=O)(=O)C(F)(F)F)c(NC(=O)CBr)c(O)c4C(O)=C3C(=O)[C@@]2(O)C(=O)C(C(N)=O)C1O. The summed E-state index contributed by atoms with van der Waals surface area (Å²) >= 11 is 2.78. The van der Waals surface area contributed by atoms with Crippen molar-refractivity contribution >= 4 is 60.9 Å². The summed E-state index contributed by atoms with van der Waals surface area (Å²) in [7, 11) is -3.55. The van der Waals surface area contributed by atoms with Crippen LogP contribution in [0.15, 0.2) is 22.9 Å². The number of ketones is 2. The van der Waals surface area contributed by atoms with Crippen LogP contribution < -0.4 is 15.2 Å².